The van der Waals surface area contributed by atoms with Crippen LogP contribution in [-0.4, -0.2) is 30.3 Å². The zero-order valence-corrected chi connectivity index (χ0v) is 11.0. The number of ether oxygens (including phenoxy) is 1. The maximum atomic E-state index is 10.7. The minimum absolute atomic E-state index is 0.0454. The van der Waals surface area contributed by atoms with Gasteiger partial charge in [0, 0.05) is 12.6 Å². The van der Waals surface area contributed by atoms with Gasteiger partial charge in [0.2, 0.25) is 0 Å². The Bertz CT molecular complexity index is 377. The molecule has 4 nitrogen and oxygen atoms in total. The van der Waals surface area contributed by atoms with Crippen molar-refractivity contribution in [3.8, 4) is 0 Å². The molecular weight excluding hydrogens is 230 g/mol. The van der Waals surface area contributed by atoms with E-state index in [1.807, 2.05) is 24.3 Å². The molecule has 0 heterocycles. The van der Waals surface area contributed by atoms with E-state index in [4.69, 9.17) is 9.84 Å². The highest BCUT2D eigenvalue weighted by Crippen LogP contribution is 2.10. The highest BCUT2D eigenvalue weighted by atomic mass is 16.5. The van der Waals surface area contributed by atoms with E-state index in [0.717, 1.165) is 17.7 Å². The Hall–Kier alpha value is -1.39. The normalized spacial score (nSPS) is 10.8. The van der Waals surface area contributed by atoms with E-state index >= 15 is 0 Å². The third-order valence-electron chi connectivity index (χ3n) is 2.52. The van der Waals surface area contributed by atoms with Crippen LogP contribution in [0.5, 0.6) is 0 Å². The number of carboxylic acid groups (broad SMARTS) is 1. The van der Waals surface area contributed by atoms with Gasteiger partial charge in [0.1, 0.15) is 0 Å². The van der Waals surface area contributed by atoms with Gasteiger partial charge in [-0.1, -0.05) is 38.1 Å². The van der Waals surface area contributed by atoms with E-state index in [1.165, 1.54) is 0 Å². The standard InChI is InChI=1S/C14H21NO3/c1-11(2)15-7-8-18-10-13-6-4-3-5-12(13)9-14(16)17/h3-6,11,15H,7-10H2,1-2H3,(H,16,17). The average Bonchev–Trinajstić information content (AvgIpc) is 2.29. The minimum atomic E-state index is -0.816. The van der Waals surface area contributed by atoms with Crippen molar-refractivity contribution in [1.29, 1.82) is 0 Å². The zero-order chi connectivity index (χ0) is 13.4. The molecule has 2 N–H and O–H groups in total. The molecule has 1 rings (SSSR count). The van der Waals surface area contributed by atoms with Crippen LogP contribution < -0.4 is 5.32 Å². The second kappa shape index (κ2) is 7.84. The van der Waals surface area contributed by atoms with Crippen molar-refractivity contribution in [3.05, 3.63) is 35.4 Å². The lowest BCUT2D eigenvalue weighted by molar-refractivity contribution is -0.136. The molecule has 0 amide bonds. The van der Waals surface area contributed by atoms with Gasteiger partial charge < -0.3 is 15.2 Å². The number of benzene rings is 1. The first-order valence-electron chi connectivity index (χ1n) is 6.19. The van der Waals surface area contributed by atoms with Crippen molar-refractivity contribution >= 4 is 5.97 Å². The maximum Gasteiger partial charge on any atom is 0.307 e. The van der Waals surface area contributed by atoms with Crippen molar-refractivity contribution in [2.24, 2.45) is 0 Å². The summed E-state index contributed by atoms with van der Waals surface area (Å²) in [4.78, 5) is 10.7. The van der Waals surface area contributed by atoms with Crippen LogP contribution in [0.3, 0.4) is 0 Å². The first-order chi connectivity index (χ1) is 8.59. The predicted molar refractivity (Wildman–Crippen MR) is 70.6 cm³/mol. The molecule has 0 fully saturated rings. The first-order valence-corrected chi connectivity index (χ1v) is 6.19. The van der Waals surface area contributed by atoms with Crippen LogP contribution in [0, 0.1) is 0 Å². The molecule has 1 aromatic carbocycles. The summed E-state index contributed by atoms with van der Waals surface area (Å²) in [5.74, 6) is -0.816. The Morgan fingerprint density at radius 2 is 2.00 bits per heavy atom. The molecule has 0 aliphatic carbocycles. The van der Waals surface area contributed by atoms with E-state index in [2.05, 4.69) is 19.2 Å². The SMILES string of the molecule is CC(C)NCCOCc1ccccc1CC(=O)O. The lowest BCUT2D eigenvalue weighted by Gasteiger charge is -2.10. The topological polar surface area (TPSA) is 58.6 Å². The average molecular weight is 251 g/mol. The fraction of sp³-hybridized carbons (Fsp3) is 0.500. The quantitative estimate of drug-likeness (QED) is 0.692. The molecule has 0 aliphatic rings. The highest BCUT2D eigenvalue weighted by Gasteiger charge is 2.06. The van der Waals surface area contributed by atoms with Gasteiger partial charge in [0.25, 0.3) is 0 Å². The first kappa shape index (κ1) is 14.7. The van der Waals surface area contributed by atoms with Gasteiger partial charge >= 0.3 is 5.97 Å². The van der Waals surface area contributed by atoms with Crippen LogP contribution in [0.2, 0.25) is 0 Å². The maximum absolute atomic E-state index is 10.7. The van der Waals surface area contributed by atoms with E-state index < -0.39 is 5.97 Å². The van der Waals surface area contributed by atoms with Crippen LogP contribution in [-0.2, 0) is 22.6 Å². The van der Waals surface area contributed by atoms with E-state index in [0.29, 0.717) is 19.3 Å². The van der Waals surface area contributed by atoms with Crippen molar-refractivity contribution in [2.75, 3.05) is 13.2 Å². The Morgan fingerprint density at radius 1 is 1.33 bits per heavy atom. The summed E-state index contributed by atoms with van der Waals surface area (Å²) >= 11 is 0. The lowest BCUT2D eigenvalue weighted by Crippen LogP contribution is -2.26. The number of nitrogens with one attached hydrogen (secondary N) is 1. The summed E-state index contributed by atoms with van der Waals surface area (Å²) in [7, 11) is 0. The molecule has 0 atom stereocenters. The summed E-state index contributed by atoms with van der Waals surface area (Å²) < 4.78 is 5.54. The molecule has 0 bridgehead atoms. The highest BCUT2D eigenvalue weighted by molar-refractivity contribution is 5.70. The van der Waals surface area contributed by atoms with E-state index in [9.17, 15) is 4.79 Å². The largest absolute Gasteiger partial charge is 0.481 e. The number of carboxylic acids is 1. The van der Waals surface area contributed by atoms with Crippen LogP contribution in [0.4, 0.5) is 0 Å². The van der Waals surface area contributed by atoms with Gasteiger partial charge in [-0.3, -0.25) is 4.79 Å². The van der Waals surface area contributed by atoms with Gasteiger partial charge in [0.15, 0.2) is 0 Å². The van der Waals surface area contributed by atoms with Crippen LogP contribution >= 0.6 is 0 Å². The van der Waals surface area contributed by atoms with Crippen LogP contribution in [0.25, 0.3) is 0 Å². The van der Waals surface area contributed by atoms with Crippen molar-refractivity contribution in [3.63, 3.8) is 0 Å². The summed E-state index contributed by atoms with van der Waals surface area (Å²) in [5.41, 5.74) is 1.77. The fourth-order valence-electron chi connectivity index (χ4n) is 1.64. The molecule has 1 aromatic rings. The summed E-state index contributed by atoms with van der Waals surface area (Å²) in [6.45, 7) is 6.06. The molecule has 0 unspecified atom stereocenters. The van der Waals surface area contributed by atoms with Gasteiger partial charge in [0.05, 0.1) is 19.6 Å². The molecule has 0 spiro atoms. The van der Waals surface area contributed by atoms with Crippen LogP contribution in [0.1, 0.15) is 25.0 Å². The summed E-state index contributed by atoms with van der Waals surface area (Å²) in [6, 6.07) is 7.94. The molecule has 18 heavy (non-hydrogen) atoms. The predicted octanol–water partition coefficient (Wildman–Crippen LogP) is 1.83. The Balaban J connectivity index is 2.39. The number of aliphatic carboxylic acids is 1. The van der Waals surface area contributed by atoms with Crippen molar-refractivity contribution in [2.45, 2.75) is 32.9 Å². The number of hydrogen-bond acceptors (Lipinski definition) is 3. The van der Waals surface area contributed by atoms with Crippen molar-refractivity contribution in [1.82, 2.24) is 5.32 Å². The number of carbonyl (C=O) groups is 1. The monoisotopic (exact) mass is 251 g/mol. The minimum Gasteiger partial charge on any atom is -0.481 e. The van der Waals surface area contributed by atoms with Gasteiger partial charge in [-0.05, 0) is 11.1 Å². The summed E-state index contributed by atoms with van der Waals surface area (Å²) in [5, 5.41) is 12.1. The van der Waals surface area contributed by atoms with E-state index in [-0.39, 0.29) is 6.42 Å². The fourth-order valence-corrected chi connectivity index (χ4v) is 1.64. The van der Waals surface area contributed by atoms with Gasteiger partial charge in [-0.15, -0.1) is 0 Å². The Morgan fingerprint density at radius 3 is 2.61 bits per heavy atom. The second-order valence-corrected chi connectivity index (χ2v) is 4.50. The second-order valence-electron chi connectivity index (χ2n) is 4.50. The van der Waals surface area contributed by atoms with Crippen molar-refractivity contribution < 1.29 is 14.6 Å². The molecule has 0 saturated carbocycles. The zero-order valence-electron chi connectivity index (χ0n) is 11.0. The third-order valence-corrected chi connectivity index (χ3v) is 2.52. The summed E-state index contributed by atoms with van der Waals surface area (Å²) in [6.07, 6.45) is 0.0454. The van der Waals surface area contributed by atoms with Gasteiger partial charge in [-0.25, -0.2) is 0 Å². The Kier molecular flexibility index (Phi) is 6.39. The van der Waals surface area contributed by atoms with Crippen LogP contribution in [0.15, 0.2) is 24.3 Å². The lowest BCUT2D eigenvalue weighted by atomic mass is 10.1. The smallest absolute Gasteiger partial charge is 0.307 e. The number of rotatable bonds is 8. The Labute approximate surface area is 108 Å². The molecule has 4 heteroatoms. The molecular formula is C14H21NO3. The number of hydrogen-bond donors (Lipinski definition) is 2. The molecule has 0 radical (unpaired) electrons. The third kappa shape index (κ3) is 5.80. The van der Waals surface area contributed by atoms with E-state index in [1.54, 1.807) is 0 Å². The molecule has 0 aromatic heterocycles. The molecule has 100 valence electrons. The molecule has 0 saturated heterocycles. The van der Waals surface area contributed by atoms with Gasteiger partial charge in [-0.2, -0.15) is 0 Å². The molecule has 0 aliphatic heterocycles.